The first kappa shape index (κ1) is 25.7. The van der Waals surface area contributed by atoms with Crippen LogP contribution in [0.5, 0.6) is 0 Å². The van der Waals surface area contributed by atoms with E-state index in [-0.39, 0.29) is 12.3 Å². The van der Waals surface area contributed by atoms with E-state index in [1.165, 1.54) is 23.7 Å². The fourth-order valence-electron chi connectivity index (χ4n) is 2.76. The number of urea groups is 1. The van der Waals surface area contributed by atoms with Crippen LogP contribution < -0.4 is 15.4 Å². The molecular formula is C23H24ClN5O3S2. The third-order valence-electron chi connectivity index (χ3n) is 4.26. The predicted molar refractivity (Wildman–Crippen MR) is 137 cm³/mol. The molecule has 0 unspecified atom stereocenters. The Labute approximate surface area is 211 Å². The van der Waals surface area contributed by atoms with Crippen molar-refractivity contribution in [3.05, 3.63) is 64.9 Å². The van der Waals surface area contributed by atoms with Crippen LogP contribution in [0.25, 0.3) is 0 Å². The Morgan fingerprint density at radius 1 is 1.06 bits per heavy atom. The van der Waals surface area contributed by atoms with E-state index in [9.17, 15) is 9.59 Å². The fraction of sp³-hybridized carbons (Fsp3) is 0.217. The minimum atomic E-state index is -0.554. The van der Waals surface area contributed by atoms with Gasteiger partial charge in [0.15, 0.2) is 11.5 Å². The van der Waals surface area contributed by atoms with E-state index in [0.717, 1.165) is 4.90 Å². The normalized spacial score (nSPS) is 10.5. The van der Waals surface area contributed by atoms with Crippen LogP contribution in [-0.2, 0) is 4.74 Å². The lowest BCUT2D eigenvalue weighted by Crippen LogP contribution is -2.22. The Morgan fingerprint density at radius 2 is 1.82 bits per heavy atom. The van der Waals surface area contributed by atoms with Gasteiger partial charge in [0.2, 0.25) is 0 Å². The number of aryl methyl sites for hydroxylation is 1. The number of carbonyl (C=O) groups excluding carboxylic acids is 2. The number of ether oxygens (including phenoxy) is 1. The second-order valence-electron chi connectivity index (χ2n) is 6.75. The van der Waals surface area contributed by atoms with Crippen molar-refractivity contribution in [3.63, 3.8) is 0 Å². The molecule has 0 atom stereocenters. The molecule has 3 aromatic rings. The first-order valence-corrected chi connectivity index (χ1v) is 12.5. The van der Waals surface area contributed by atoms with Crippen LogP contribution in [0.1, 0.15) is 30.0 Å². The first-order valence-electron chi connectivity index (χ1n) is 10.5. The molecule has 178 valence electrons. The van der Waals surface area contributed by atoms with Crippen LogP contribution in [0, 0.1) is 6.92 Å². The number of hydrogen-bond donors (Lipinski definition) is 3. The van der Waals surface area contributed by atoms with Crippen molar-refractivity contribution in [1.29, 1.82) is 0 Å². The van der Waals surface area contributed by atoms with Gasteiger partial charge < -0.3 is 15.4 Å². The fourth-order valence-corrected chi connectivity index (χ4v) is 4.49. The zero-order valence-electron chi connectivity index (χ0n) is 18.8. The summed E-state index contributed by atoms with van der Waals surface area (Å²) >= 11 is 9.03. The van der Waals surface area contributed by atoms with E-state index in [4.69, 9.17) is 16.3 Å². The Bertz CT molecular complexity index is 1160. The van der Waals surface area contributed by atoms with Crippen molar-refractivity contribution in [2.75, 3.05) is 23.8 Å². The molecule has 1 aromatic heterocycles. The molecule has 0 bridgehead atoms. The minimum Gasteiger partial charge on any atom is -0.461 e. The molecule has 8 nitrogen and oxygen atoms in total. The van der Waals surface area contributed by atoms with E-state index in [1.54, 1.807) is 32.0 Å². The topological polar surface area (TPSA) is 105 Å². The molecule has 0 spiro atoms. The Kier molecular flexibility index (Phi) is 9.43. The number of nitrogens with zero attached hydrogens (tertiary/aromatic N) is 2. The average Bonchev–Trinajstić information content (AvgIpc) is 2.83. The molecule has 3 N–H and O–H groups in total. The molecule has 1 heterocycles. The molecule has 0 fully saturated rings. The number of carbonyl (C=O) groups is 2. The van der Waals surface area contributed by atoms with Gasteiger partial charge in [0, 0.05) is 16.3 Å². The Morgan fingerprint density at radius 3 is 2.53 bits per heavy atom. The monoisotopic (exact) mass is 517 g/mol. The second-order valence-corrected chi connectivity index (χ2v) is 9.04. The molecule has 0 aliphatic carbocycles. The second kappa shape index (κ2) is 12.5. The molecule has 3 rings (SSSR count). The summed E-state index contributed by atoms with van der Waals surface area (Å²) in [7, 11) is 0. The molecular weight excluding hydrogens is 494 g/mol. The summed E-state index contributed by atoms with van der Waals surface area (Å²) in [5.74, 6) is -0.182. The molecule has 0 aliphatic rings. The van der Waals surface area contributed by atoms with Crippen molar-refractivity contribution in [2.45, 2.75) is 35.6 Å². The van der Waals surface area contributed by atoms with Crippen LogP contribution in [0.15, 0.2) is 63.3 Å². The van der Waals surface area contributed by atoms with Gasteiger partial charge in [0.05, 0.1) is 23.0 Å². The molecule has 34 heavy (non-hydrogen) atoms. The highest BCUT2D eigenvalue weighted by Gasteiger charge is 2.20. The number of nitrogens with one attached hydrogen (secondary N) is 3. The van der Waals surface area contributed by atoms with Crippen molar-refractivity contribution in [2.24, 2.45) is 0 Å². The van der Waals surface area contributed by atoms with Crippen molar-refractivity contribution in [3.8, 4) is 0 Å². The third-order valence-corrected chi connectivity index (χ3v) is 6.72. The molecule has 0 aliphatic heterocycles. The predicted octanol–water partition coefficient (Wildman–Crippen LogP) is 6.03. The molecule has 0 radical (unpaired) electrons. The highest BCUT2D eigenvalue weighted by Crippen LogP contribution is 2.38. The smallest absolute Gasteiger partial charge is 0.360 e. The summed E-state index contributed by atoms with van der Waals surface area (Å²) in [6.45, 7) is 6.25. The van der Waals surface area contributed by atoms with Crippen LogP contribution in [0.4, 0.5) is 16.3 Å². The molecule has 11 heteroatoms. The van der Waals surface area contributed by atoms with E-state index >= 15 is 0 Å². The maximum Gasteiger partial charge on any atom is 0.360 e. The van der Waals surface area contributed by atoms with Gasteiger partial charge in [-0.05, 0) is 57.0 Å². The van der Waals surface area contributed by atoms with Gasteiger partial charge in [0.25, 0.3) is 0 Å². The van der Waals surface area contributed by atoms with Crippen molar-refractivity contribution >= 4 is 58.8 Å². The van der Waals surface area contributed by atoms with E-state index in [2.05, 4.69) is 25.3 Å². The van der Waals surface area contributed by atoms with Crippen LogP contribution in [0.3, 0.4) is 0 Å². The minimum absolute atomic E-state index is 0.111. The number of hydrogen-bond acceptors (Lipinski definition) is 8. The summed E-state index contributed by atoms with van der Waals surface area (Å²) in [5, 5.41) is 6.66. The number of esters is 1. The van der Waals surface area contributed by atoms with Gasteiger partial charge in [-0.15, -0.1) is 0 Å². The van der Waals surface area contributed by atoms with Crippen molar-refractivity contribution < 1.29 is 14.3 Å². The lowest BCUT2D eigenvalue weighted by atomic mass is 10.3. The van der Waals surface area contributed by atoms with E-state index in [0.29, 0.717) is 38.7 Å². The van der Waals surface area contributed by atoms with Crippen molar-refractivity contribution in [1.82, 2.24) is 14.7 Å². The average molecular weight is 518 g/mol. The van der Waals surface area contributed by atoms with Crippen LogP contribution in [0.2, 0.25) is 5.02 Å². The number of halogens is 1. The van der Waals surface area contributed by atoms with Gasteiger partial charge >= 0.3 is 12.0 Å². The maximum atomic E-state index is 12.4. The maximum absolute atomic E-state index is 12.4. The third kappa shape index (κ3) is 6.78. The summed E-state index contributed by atoms with van der Waals surface area (Å²) in [4.78, 5) is 35.3. The lowest BCUT2D eigenvalue weighted by Gasteiger charge is -2.14. The van der Waals surface area contributed by atoms with Gasteiger partial charge in [0.1, 0.15) is 5.03 Å². The molecule has 0 saturated heterocycles. The number of aromatic nitrogens is 2. The zero-order chi connectivity index (χ0) is 24.5. The number of anilines is 2. The first-order chi connectivity index (χ1) is 16.4. The number of amides is 2. The highest BCUT2D eigenvalue weighted by atomic mass is 35.5. The van der Waals surface area contributed by atoms with E-state index in [1.807, 2.05) is 37.3 Å². The Balaban J connectivity index is 1.78. The highest BCUT2D eigenvalue weighted by molar-refractivity contribution is 7.99. The van der Waals surface area contributed by atoms with Gasteiger partial charge in [-0.3, -0.25) is 4.72 Å². The number of benzene rings is 2. The molecule has 0 saturated carbocycles. The van der Waals surface area contributed by atoms with Crippen LogP contribution in [-0.4, -0.2) is 35.1 Å². The van der Waals surface area contributed by atoms with Gasteiger partial charge in [-0.25, -0.2) is 19.6 Å². The van der Waals surface area contributed by atoms with Crippen LogP contribution >= 0.6 is 35.3 Å². The SMILES string of the molecule is CCNc1nc(C)c(Sc2cccc(NC(=O)NSc3ccccc3)c2Cl)nc1C(=O)OCC. The summed E-state index contributed by atoms with van der Waals surface area (Å²) in [6, 6.07) is 14.3. The summed E-state index contributed by atoms with van der Waals surface area (Å²) < 4.78 is 7.85. The number of rotatable bonds is 9. The zero-order valence-corrected chi connectivity index (χ0v) is 21.2. The molecule has 2 amide bonds. The summed E-state index contributed by atoms with van der Waals surface area (Å²) in [6.07, 6.45) is 0. The Hall–Kier alpha value is -2.95. The quantitative estimate of drug-likeness (QED) is 0.233. The standard InChI is InChI=1S/C23H24ClN5O3S2/c1-4-25-20-19(22(30)32-5-2)28-21(14(3)26-20)33-17-13-9-12-16(18(17)24)27-23(31)29-34-15-10-7-6-8-11-15/h6-13H,4-5H2,1-3H3,(H,25,26)(H2,27,29,31). The van der Waals surface area contributed by atoms with Gasteiger partial charge in [-0.1, -0.05) is 47.6 Å². The molecule has 2 aromatic carbocycles. The lowest BCUT2D eigenvalue weighted by molar-refractivity contribution is 0.0519. The largest absolute Gasteiger partial charge is 0.461 e. The van der Waals surface area contributed by atoms with Gasteiger partial charge in [-0.2, -0.15) is 0 Å². The summed E-state index contributed by atoms with van der Waals surface area (Å²) in [5.41, 5.74) is 1.18. The van der Waals surface area contributed by atoms with E-state index < -0.39 is 12.0 Å².